The first-order valence-electron chi connectivity index (χ1n) is 10.8. The minimum absolute atomic E-state index is 0.0639. The van der Waals surface area contributed by atoms with Crippen LogP contribution in [0.5, 0.6) is 0 Å². The number of nitro benzene ring substituents is 1. The van der Waals surface area contributed by atoms with Crippen LogP contribution in [0.15, 0.2) is 89.9 Å². The van der Waals surface area contributed by atoms with Crippen molar-refractivity contribution in [1.29, 1.82) is 0 Å². The van der Waals surface area contributed by atoms with Crippen LogP contribution in [0.1, 0.15) is 17.2 Å². The van der Waals surface area contributed by atoms with Gasteiger partial charge in [0.15, 0.2) is 0 Å². The van der Waals surface area contributed by atoms with E-state index in [2.05, 4.69) is 34.1 Å². The van der Waals surface area contributed by atoms with Gasteiger partial charge in [-0.15, -0.1) is 0 Å². The average molecular weight is 428 g/mol. The number of aliphatic imine (C=N–C) groups is 1. The molecule has 5 rings (SSSR count). The monoisotopic (exact) mass is 428 g/mol. The summed E-state index contributed by atoms with van der Waals surface area (Å²) in [5.41, 5.74) is 3.12. The lowest BCUT2D eigenvalue weighted by molar-refractivity contribution is -0.384. The molecule has 1 fully saturated rings. The summed E-state index contributed by atoms with van der Waals surface area (Å²) in [5.74, 6) is 0.866. The van der Waals surface area contributed by atoms with Crippen molar-refractivity contribution in [3.05, 3.63) is 106 Å². The molecule has 2 unspecified atom stereocenters. The second-order valence-electron chi connectivity index (χ2n) is 7.88. The van der Waals surface area contributed by atoms with Gasteiger partial charge >= 0.3 is 0 Å². The third-order valence-corrected chi connectivity index (χ3v) is 5.97. The lowest BCUT2D eigenvalue weighted by atomic mass is 10.0. The van der Waals surface area contributed by atoms with Crippen LogP contribution in [0.4, 0.5) is 11.4 Å². The van der Waals surface area contributed by atoms with Crippen molar-refractivity contribution in [2.45, 2.75) is 12.2 Å². The van der Waals surface area contributed by atoms with E-state index in [1.54, 1.807) is 12.1 Å². The summed E-state index contributed by atoms with van der Waals surface area (Å²) < 4.78 is 5.59. The van der Waals surface area contributed by atoms with Gasteiger partial charge < -0.3 is 9.64 Å². The van der Waals surface area contributed by atoms with E-state index in [1.165, 1.54) is 0 Å². The molecule has 32 heavy (non-hydrogen) atoms. The quantitative estimate of drug-likeness (QED) is 0.449. The van der Waals surface area contributed by atoms with Crippen molar-refractivity contribution in [3.63, 3.8) is 0 Å². The van der Waals surface area contributed by atoms with Crippen molar-refractivity contribution in [3.8, 4) is 0 Å². The first-order valence-corrected chi connectivity index (χ1v) is 10.8. The fraction of sp³-hybridized carbons (Fsp3) is 0.240. The van der Waals surface area contributed by atoms with Gasteiger partial charge in [-0.3, -0.25) is 15.0 Å². The third kappa shape index (κ3) is 3.88. The van der Waals surface area contributed by atoms with E-state index < -0.39 is 0 Å². The number of nitro groups is 1. The van der Waals surface area contributed by atoms with E-state index in [9.17, 15) is 10.1 Å². The molecule has 7 heteroatoms. The molecule has 2 heterocycles. The SMILES string of the molecule is O=[N+]([O-])c1ccc(N2C(c3ccccc3)=NC(N3CCOCC3)C2c2ccccc2)cc1. The summed E-state index contributed by atoms with van der Waals surface area (Å²) in [6, 6.07) is 27.1. The topological polar surface area (TPSA) is 71.2 Å². The van der Waals surface area contributed by atoms with E-state index in [0.29, 0.717) is 13.2 Å². The van der Waals surface area contributed by atoms with Gasteiger partial charge in [-0.2, -0.15) is 0 Å². The Morgan fingerprint density at radius 3 is 2.12 bits per heavy atom. The zero-order valence-corrected chi connectivity index (χ0v) is 17.6. The Labute approximate surface area is 186 Å². The Hall–Kier alpha value is -3.55. The maximum absolute atomic E-state index is 11.2. The van der Waals surface area contributed by atoms with E-state index in [1.807, 2.05) is 48.5 Å². The Balaban J connectivity index is 1.64. The van der Waals surface area contributed by atoms with Gasteiger partial charge in [-0.25, -0.2) is 4.99 Å². The van der Waals surface area contributed by atoms with Gasteiger partial charge in [-0.1, -0.05) is 60.7 Å². The predicted octanol–water partition coefficient (Wildman–Crippen LogP) is 4.26. The van der Waals surface area contributed by atoms with Crippen molar-refractivity contribution in [2.75, 3.05) is 31.2 Å². The van der Waals surface area contributed by atoms with Crippen LogP contribution in [0.3, 0.4) is 0 Å². The van der Waals surface area contributed by atoms with Crippen molar-refractivity contribution in [2.24, 2.45) is 4.99 Å². The maximum Gasteiger partial charge on any atom is 0.269 e. The van der Waals surface area contributed by atoms with Gasteiger partial charge in [0, 0.05) is 36.5 Å². The molecule has 2 aliphatic heterocycles. The van der Waals surface area contributed by atoms with Gasteiger partial charge in [-0.05, 0) is 17.7 Å². The summed E-state index contributed by atoms with van der Waals surface area (Å²) in [5, 5.41) is 11.2. The molecule has 2 atom stereocenters. The summed E-state index contributed by atoms with van der Waals surface area (Å²) in [6.45, 7) is 3.00. The second-order valence-corrected chi connectivity index (χ2v) is 7.88. The number of morpholine rings is 1. The maximum atomic E-state index is 11.2. The molecule has 0 aromatic heterocycles. The van der Waals surface area contributed by atoms with Crippen molar-refractivity contribution >= 4 is 17.2 Å². The first-order chi connectivity index (χ1) is 15.7. The highest BCUT2D eigenvalue weighted by Crippen LogP contribution is 2.40. The second kappa shape index (κ2) is 8.90. The highest BCUT2D eigenvalue weighted by atomic mass is 16.6. The van der Waals surface area contributed by atoms with Crippen LogP contribution in [-0.4, -0.2) is 48.1 Å². The minimum Gasteiger partial charge on any atom is -0.379 e. The predicted molar refractivity (Wildman–Crippen MR) is 124 cm³/mol. The minimum atomic E-state index is -0.370. The van der Waals surface area contributed by atoms with Gasteiger partial charge in [0.25, 0.3) is 5.69 Å². The molecule has 2 aliphatic rings. The molecule has 7 nitrogen and oxygen atoms in total. The molecule has 0 saturated carbocycles. The molecular weight excluding hydrogens is 404 g/mol. The lowest BCUT2D eigenvalue weighted by Gasteiger charge is -2.37. The van der Waals surface area contributed by atoms with E-state index in [0.717, 1.165) is 35.7 Å². The molecule has 1 saturated heterocycles. The zero-order valence-electron chi connectivity index (χ0n) is 17.6. The van der Waals surface area contributed by atoms with Gasteiger partial charge in [0.05, 0.1) is 24.2 Å². The summed E-state index contributed by atoms with van der Waals surface area (Å²) in [4.78, 5) is 20.7. The fourth-order valence-electron chi connectivity index (χ4n) is 4.44. The van der Waals surface area contributed by atoms with Crippen molar-refractivity contribution < 1.29 is 9.66 Å². The van der Waals surface area contributed by atoms with Crippen molar-refractivity contribution in [1.82, 2.24) is 4.90 Å². The number of non-ortho nitro benzene ring substituents is 1. The molecule has 0 aliphatic carbocycles. The molecule has 3 aromatic rings. The number of hydrogen-bond donors (Lipinski definition) is 0. The highest BCUT2D eigenvalue weighted by Gasteiger charge is 2.42. The summed E-state index contributed by atoms with van der Waals surface area (Å²) >= 11 is 0. The third-order valence-electron chi connectivity index (χ3n) is 5.97. The molecule has 0 N–H and O–H groups in total. The number of ether oxygens (including phenoxy) is 1. The number of benzene rings is 3. The smallest absolute Gasteiger partial charge is 0.269 e. The molecule has 0 radical (unpaired) electrons. The van der Waals surface area contributed by atoms with Gasteiger partial charge in [0.2, 0.25) is 0 Å². The number of anilines is 1. The van der Waals surface area contributed by atoms with Crippen LogP contribution >= 0.6 is 0 Å². The molecule has 0 spiro atoms. The standard InChI is InChI=1S/C25H24N4O3/c30-29(31)22-13-11-21(12-14-22)28-23(19-7-3-1-4-8-19)25(27-15-17-32-18-16-27)26-24(28)20-9-5-2-6-10-20/h1-14,23,25H,15-18H2. The Kier molecular flexibility index (Phi) is 5.66. The van der Waals surface area contributed by atoms with Gasteiger partial charge in [0.1, 0.15) is 12.0 Å². The first kappa shape index (κ1) is 20.4. The van der Waals surface area contributed by atoms with Crippen LogP contribution in [0.2, 0.25) is 0 Å². The lowest BCUT2D eigenvalue weighted by Crippen LogP contribution is -2.46. The number of rotatable bonds is 5. The largest absolute Gasteiger partial charge is 0.379 e. The number of nitrogens with zero attached hydrogens (tertiary/aromatic N) is 4. The zero-order chi connectivity index (χ0) is 21.9. The summed E-state index contributed by atoms with van der Waals surface area (Å²) in [7, 11) is 0. The van der Waals surface area contributed by atoms with E-state index in [4.69, 9.17) is 9.73 Å². The fourth-order valence-corrected chi connectivity index (χ4v) is 4.44. The van der Waals surface area contributed by atoms with E-state index >= 15 is 0 Å². The Bertz CT molecular complexity index is 1100. The van der Waals surface area contributed by atoms with Crippen LogP contribution < -0.4 is 4.90 Å². The molecule has 162 valence electrons. The van der Waals surface area contributed by atoms with Crippen LogP contribution in [0, 0.1) is 10.1 Å². The Morgan fingerprint density at radius 1 is 0.875 bits per heavy atom. The summed E-state index contributed by atoms with van der Waals surface area (Å²) in [6.07, 6.45) is -0.0910. The van der Waals surface area contributed by atoms with Crippen LogP contribution in [-0.2, 0) is 4.74 Å². The Morgan fingerprint density at radius 2 is 1.50 bits per heavy atom. The number of hydrogen-bond acceptors (Lipinski definition) is 6. The molecular formula is C25H24N4O3. The average Bonchev–Trinajstić information content (AvgIpc) is 3.26. The molecule has 3 aromatic carbocycles. The van der Waals surface area contributed by atoms with E-state index in [-0.39, 0.29) is 22.8 Å². The normalized spacial score (nSPS) is 21.4. The highest BCUT2D eigenvalue weighted by molar-refractivity contribution is 6.12. The van der Waals surface area contributed by atoms with Crippen LogP contribution in [0.25, 0.3) is 0 Å². The molecule has 0 bridgehead atoms. The number of amidine groups is 1. The molecule has 0 amide bonds.